The largest absolute Gasteiger partial charge is 0.345 e. The van der Waals surface area contributed by atoms with Crippen LogP contribution in [0, 0.1) is 5.92 Å². The third kappa shape index (κ3) is 4.87. The van der Waals surface area contributed by atoms with Crippen molar-refractivity contribution < 1.29 is 14.4 Å². The van der Waals surface area contributed by atoms with Crippen LogP contribution in [0.2, 0.25) is 0 Å². The van der Waals surface area contributed by atoms with Gasteiger partial charge in [0, 0.05) is 11.7 Å². The summed E-state index contributed by atoms with van der Waals surface area (Å²) in [5.41, 5.74) is 3.33. The number of nitrogens with one attached hydrogen (secondary N) is 3. The summed E-state index contributed by atoms with van der Waals surface area (Å²) in [5, 5.41) is 8.12. The highest BCUT2D eigenvalue weighted by molar-refractivity contribution is 6.35. The van der Waals surface area contributed by atoms with Crippen LogP contribution < -0.4 is 16.0 Å². The van der Waals surface area contributed by atoms with Crippen LogP contribution in [0.15, 0.2) is 18.2 Å². The first-order chi connectivity index (χ1) is 12.9. The summed E-state index contributed by atoms with van der Waals surface area (Å²) in [4.78, 5) is 36.6. The number of amides is 3. The molecule has 3 atom stereocenters. The molecular formula is C21H29N3O3. The van der Waals surface area contributed by atoms with Gasteiger partial charge in [-0.15, -0.1) is 0 Å². The lowest BCUT2D eigenvalue weighted by Crippen LogP contribution is -2.51. The van der Waals surface area contributed by atoms with E-state index in [1.54, 1.807) is 6.92 Å². The third-order valence-corrected chi connectivity index (χ3v) is 5.74. The molecule has 1 aromatic carbocycles. The smallest absolute Gasteiger partial charge is 0.309 e. The van der Waals surface area contributed by atoms with E-state index in [0.29, 0.717) is 5.92 Å². The highest BCUT2D eigenvalue weighted by atomic mass is 16.2. The molecule has 2 aliphatic rings. The van der Waals surface area contributed by atoms with Crippen LogP contribution in [-0.4, -0.2) is 29.8 Å². The zero-order valence-electron chi connectivity index (χ0n) is 16.1. The van der Waals surface area contributed by atoms with Crippen LogP contribution in [0.5, 0.6) is 0 Å². The lowest BCUT2D eigenvalue weighted by molar-refractivity contribution is -0.141. The number of aryl methyl sites for hydroxylation is 2. The highest BCUT2D eigenvalue weighted by Gasteiger charge is 2.27. The number of fused-ring (bicyclic) bond motifs is 1. The Balaban J connectivity index is 1.49. The molecule has 0 bridgehead atoms. The van der Waals surface area contributed by atoms with E-state index in [1.807, 2.05) is 18.2 Å². The van der Waals surface area contributed by atoms with E-state index in [-0.39, 0.29) is 11.9 Å². The Kier molecular flexibility index (Phi) is 6.14. The van der Waals surface area contributed by atoms with Crippen molar-refractivity contribution in [3.05, 3.63) is 29.3 Å². The second kappa shape index (κ2) is 8.55. The van der Waals surface area contributed by atoms with Gasteiger partial charge in [-0.3, -0.25) is 14.4 Å². The first-order valence-electron chi connectivity index (χ1n) is 9.98. The summed E-state index contributed by atoms with van der Waals surface area (Å²) in [6, 6.07) is 5.16. The van der Waals surface area contributed by atoms with Crippen molar-refractivity contribution in [2.24, 2.45) is 5.92 Å². The van der Waals surface area contributed by atoms with E-state index in [0.717, 1.165) is 44.2 Å². The zero-order valence-corrected chi connectivity index (χ0v) is 16.1. The Morgan fingerprint density at radius 2 is 1.74 bits per heavy atom. The van der Waals surface area contributed by atoms with Crippen LogP contribution in [0.4, 0.5) is 5.69 Å². The molecule has 3 rings (SSSR count). The minimum Gasteiger partial charge on any atom is -0.345 e. The average Bonchev–Trinajstić information content (AvgIpc) is 3.11. The maximum atomic E-state index is 12.4. The second-order valence-corrected chi connectivity index (χ2v) is 7.86. The van der Waals surface area contributed by atoms with E-state index < -0.39 is 17.9 Å². The summed E-state index contributed by atoms with van der Waals surface area (Å²) in [6.07, 6.45) is 7.46. The van der Waals surface area contributed by atoms with Gasteiger partial charge in [-0.05, 0) is 68.2 Å². The molecule has 1 saturated carbocycles. The van der Waals surface area contributed by atoms with Crippen LogP contribution in [0.3, 0.4) is 0 Å². The average molecular weight is 371 g/mol. The lowest BCUT2D eigenvalue weighted by atomic mass is 9.86. The predicted octanol–water partition coefficient (Wildman–Crippen LogP) is 2.31. The quantitative estimate of drug-likeness (QED) is 0.710. The van der Waals surface area contributed by atoms with Gasteiger partial charge in [0.15, 0.2) is 0 Å². The molecule has 3 amide bonds. The molecule has 2 aliphatic carbocycles. The van der Waals surface area contributed by atoms with Gasteiger partial charge >= 0.3 is 11.8 Å². The van der Waals surface area contributed by atoms with Gasteiger partial charge in [0.2, 0.25) is 5.91 Å². The second-order valence-electron chi connectivity index (χ2n) is 7.86. The van der Waals surface area contributed by atoms with E-state index >= 15 is 0 Å². The Labute approximate surface area is 160 Å². The number of hydrogen-bond donors (Lipinski definition) is 3. The van der Waals surface area contributed by atoms with Crippen LogP contribution in [0.25, 0.3) is 0 Å². The van der Waals surface area contributed by atoms with E-state index in [2.05, 4.69) is 22.9 Å². The third-order valence-electron chi connectivity index (χ3n) is 5.74. The molecule has 146 valence electrons. The molecule has 0 spiro atoms. The SMILES string of the molecule is C[C@H](NC(=O)C(=O)N[C@H]1CCCC[C@@H]1C)C(=O)Nc1ccc2c(c1)CCC2. The molecule has 0 unspecified atom stereocenters. The van der Waals surface area contributed by atoms with E-state index in [1.165, 1.54) is 17.5 Å². The van der Waals surface area contributed by atoms with Gasteiger partial charge in [-0.2, -0.15) is 0 Å². The van der Waals surface area contributed by atoms with Crippen LogP contribution in [0.1, 0.15) is 57.1 Å². The molecule has 1 aromatic rings. The number of carbonyl (C=O) groups is 3. The molecule has 6 heteroatoms. The lowest BCUT2D eigenvalue weighted by Gasteiger charge is -2.29. The van der Waals surface area contributed by atoms with Crippen LogP contribution in [-0.2, 0) is 27.2 Å². The Morgan fingerprint density at radius 3 is 2.52 bits per heavy atom. The fraction of sp³-hybridized carbons (Fsp3) is 0.571. The zero-order chi connectivity index (χ0) is 19.4. The number of benzene rings is 1. The minimum absolute atomic E-state index is 0.0348. The molecule has 0 radical (unpaired) electrons. The van der Waals surface area contributed by atoms with Crippen LogP contribution >= 0.6 is 0 Å². The molecular weight excluding hydrogens is 342 g/mol. The topological polar surface area (TPSA) is 87.3 Å². The van der Waals surface area contributed by atoms with E-state index in [9.17, 15) is 14.4 Å². The Hall–Kier alpha value is -2.37. The Morgan fingerprint density at radius 1 is 1.00 bits per heavy atom. The monoisotopic (exact) mass is 371 g/mol. The molecule has 0 heterocycles. The first-order valence-corrected chi connectivity index (χ1v) is 9.98. The van der Waals surface area contributed by atoms with Gasteiger partial charge in [0.05, 0.1) is 0 Å². The van der Waals surface area contributed by atoms with Gasteiger partial charge in [0.1, 0.15) is 6.04 Å². The van der Waals surface area contributed by atoms with Gasteiger partial charge in [-0.1, -0.05) is 25.8 Å². The highest BCUT2D eigenvalue weighted by Crippen LogP contribution is 2.25. The van der Waals surface area contributed by atoms with Crippen molar-refractivity contribution in [1.29, 1.82) is 0 Å². The van der Waals surface area contributed by atoms with Crippen molar-refractivity contribution >= 4 is 23.4 Å². The summed E-state index contributed by atoms with van der Waals surface area (Å²) < 4.78 is 0. The molecule has 3 N–H and O–H groups in total. The summed E-state index contributed by atoms with van der Waals surface area (Å²) in [7, 11) is 0. The maximum absolute atomic E-state index is 12.4. The predicted molar refractivity (Wildman–Crippen MR) is 104 cm³/mol. The number of rotatable bonds is 4. The fourth-order valence-electron chi connectivity index (χ4n) is 3.99. The number of hydrogen-bond acceptors (Lipinski definition) is 3. The van der Waals surface area contributed by atoms with Gasteiger partial charge in [-0.25, -0.2) is 0 Å². The molecule has 0 aliphatic heterocycles. The summed E-state index contributed by atoms with van der Waals surface area (Å²) >= 11 is 0. The number of carbonyl (C=O) groups excluding carboxylic acids is 3. The normalized spacial score (nSPS) is 22.4. The minimum atomic E-state index is -0.791. The fourth-order valence-corrected chi connectivity index (χ4v) is 3.99. The molecule has 0 aromatic heterocycles. The van der Waals surface area contributed by atoms with E-state index in [4.69, 9.17) is 0 Å². The van der Waals surface area contributed by atoms with Gasteiger partial charge in [0.25, 0.3) is 0 Å². The standard InChI is InChI=1S/C21H29N3O3/c1-13-6-3-4-9-18(13)24-21(27)20(26)22-14(2)19(25)23-17-11-10-15-7-5-8-16(15)12-17/h10-14,18H,3-9H2,1-2H3,(H,22,26)(H,23,25)(H,24,27)/t13-,14-,18-/m0/s1. The molecule has 27 heavy (non-hydrogen) atoms. The van der Waals surface area contributed by atoms with Gasteiger partial charge < -0.3 is 16.0 Å². The van der Waals surface area contributed by atoms with Crippen molar-refractivity contribution in [2.45, 2.75) is 70.9 Å². The molecule has 0 saturated heterocycles. The van der Waals surface area contributed by atoms with Crippen molar-refractivity contribution in [1.82, 2.24) is 10.6 Å². The number of anilines is 1. The summed E-state index contributed by atoms with van der Waals surface area (Å²) in [6.45, 7) is 3.67. The molecule has 6 nitrogen and oxygen atoms in total. The molecule has 1 fully saturated rings. The van der Waals surface area contributed by atoms with Crippen molar-refractivity contribution in [3.8, 4) is 0 Å². The maximum Gasteiger partial charge on any atom is 0.309 e. The van der Waals surface area contributed by atoms with Crippen molar-refractivity contribution in [2.75, 3.05) is 5.32 Å². The first kappa shape index (κ1) is 19.4. The van der Waals surface area contributed by atoms with Crippen molar-refractivity contribution in [3.63, 3.8) is 0 Å². The Bertz CT molecular complexity index is 731. The summed E-state index contributed by atoms with van der Waals surface area (Å²) in [5.74, 6) is -1.38.